The van der Waals surface area contributed by atoms with Gasteiger partial charge in [0, 0.05) is 11.9 Å². The van der Waals surface area contributed by atoms with Gasteiger partial charge in [0.05, 0.1) is 16.3 Å². The van der Waals surface area contributed by atoms with Crippen molar-refractivity contribution in [3.63, 3.8) is 0 Å². The van der Waals surface area contributed by atoms with Crippen molar-refractivity contribution in [3.8, 4) is 0 Å². The van der Waals surface area contributed by atoms with Gasteiger partial charge < -0.3 is 5.32 Å². The van der Waals surface area contributed by atoms with E-state index < -0.39 is 15.9 Å². The summed E-state index contributed by atoms with van der Waals surface area (Å²) in [5, 5.41) is 3.68. The molecule has 0 aliphatic heterocycles. The number of hydrogen-bond acceptors (Lipinski definition) is 4. The van der Waals surface area contributed by atoms with Crippen LogP contribution in [0.1, 0.15) is 10.5 Å². The molecule has 0 bridgehead atoms. The largest absolute Gasteiger partial charge is 0.350 e. The number of hydrogen-bond donors (Lipinski definition) is 2. The Kier molecular flexibility index (Phi) is 4.76. The number of sulfonamides is 1. The Hall–Kier alpha value is -1.70. The molecule has 0 atom stereocenters. The molecule has 6 nitrogen and oxygen atoms in total. The summed E-state index contributed by atoms with van der Waals surface area (Å²) in [4.78, 5) is 16.2. The minimum Gasteiger partial charge on any atom is -0.350 e. The van der Waals surface area contributed by atoms with Gasteiger partial charge in [0.15, 0.2) is 0 Å². The molecule has 0 saturated heterocycles. The van der Waals surface area contributed by atoms with Gasteiger partial charge in [0.25, 0.3) is 5.91 Å². The molecule has 0 fully saturated rings. The van der Waals surface area contributed by atoms with Crippen LogP contribution in [0.3, 0.4) is 0 Å². The number of nitrogens with zero attached hydrogens (tertiary/aromatic N) is 1. The van der Waals surface area contributed by atoms with E-state index in [0.29, 0.717) is 10.5 Å². The van der Waals surface area contributed by atoms with E-state index in [4.69, 9.17) is 11.6 Å². The molecule has 2 aromatic rings. The summed E-state index contributed by atoms with van der Waals surface area (Å²) in [5.41, 5.74) is 0.763. The second kappa shape index (κ2) is 6.38. The first-order chi connectivity index (χ1) is 9.93. The predicted molar refractivity (Wildman–Crippen MR) is 81.9 cm³/mol. The summed E-state index contributed by atoms with van der Waals surface area (Å²) < 4.78 is 24.7. The van der Waals surface area contributed by atoms with Gasteiger partial charge in [0.2, 0.25) is 10.0 Å². The molecule has 1 aromatic carbocycles. The van der Waals surface area contributed by atoms with E-state index in [1.54, 1.807) is 12.1 Å². The number of amides is 1. The van der Waals surface area contributed by atoms with Crippen molar-refractivity contribution < 1.29 is 13.2 Å². The Bertz CT molecular complexity index is 777. The fourth-order valence-corrected chi connectivity index (χ4v) is 2.58. The molecular weight excluding hydrogens is 314 g/mol. The van der Waals surface area contributed by atoms with Crippen LogP contribution in [0, 0.1) is 0 Å². The lowest BCUT2D eigenvalue weighted by molar-refractivity contribution is 0.0951. The third-order valence-corrected chi connectivity index (χ3v) is 4.54. The summed E-state index contributed by atoms with van der Waals surface area (Å²) in [6.07, 6.45) is 0. The Morgan fingerprint density at radius 3 is 2.76 bits per heavy atom. The lowest BCUT2D eigenvalue weighted by Gasteiger charge is -2.07. The van der Waals surface area contributed by atoms with E-state index in [1.165, 1.54) is 13.1 Å². The van der Waals surface area contributed by atoms with Crippen LogP contribution in [0.4, 0.5) is 0 Å². The summed E-state index contributed by atoms with van der Waals surface area (Å²) in [6, 6.07) is 8.66. The molecule has 1 aromatic heterocycles. The van der Waals surface area contributed by atoms with Crippen molar-refractivity contribution >= 4 is 38.4 Å². The zero-order valence-corrected chi connectivity index (χ0v) is 12.8. The average Bonchev–Trinajstić information content (AvgIpc) is 2.47. The third kappa shape index (κ3) is 3.90. The van der Waals surface area contributed by atoms with Gasteiger partial charge in [-0.1, -0.05) is 29.8 Å². The lowest BCUT2D eigenvalue weighted by atomic mass is 10.2. The Labute approximate surface area is 127 Å². The molecule has 0 radical (unpaired) electrons. The van der Waals surface area contributed by atoms with Crippen LogP contribution in [0.5, 0.6) is 0 Å². The van der Waals surface area contributed by atoms with Crippen molar-refractivity contribution in [2.45, 2.75) is 0 Å². The first-order valence-corrected chi connectivity index (χ1v) is 8.20. The van der Waals surface area contributed by atoms with Crippen LogP contribution in [0.15, 0.2) is 30.3 Å². The predicted octanol–water partition coefficient (Wildman–Crippen LogP) is 1.17. The number of benzene rings is 1. The first-order valence-electron chi connectivity index (χ1n) is 6.17. The number of carbonyl (C=O) groups excluding carboxylic acids is 1. The lowest BCUT2D eigenvalue weighted by Crippen LogP contribution is -2.33. The molecule has 0 aliphatic carbocycles. The van der Waals surface area contributed by atoms with Gasteiger partial charge in [0.1, 0.15) is 5.69 Å². The number of para-hydroxylation sites is 1. The van der Waals surface area contributed by atoms with Crippen molar-refractivity contribution in [1.29, 1.82) is 0 Å². The number of carbonyl (C=O) groups is 1. The van der Waals surface area contributed by atoms with E-state index in [1.807, 2.05) is 12.1 Å². The van der Waals surface area contributed by atoms with Gasteiger partial charge in [-0.05, 0) is 19.2 Å². The highest BCUT2D eigenvalue weighted by Crippen LogP contribution is 2.22. The summed E-state index contributed by atoms with van der Waals surface area (Å²) in [7, 11) is -2.03. The van der Waals surface area contributed by atoms with Gasteiger partial charge in [-0.3, -0.25) is 4.79 Å². The zero-order valence-electron chi connectivity index (χ0n) is 11.3. The molecule has 21 heavy (non-hydrogen) atoms. The molecule has 112 valence electrons. The summed E-state index contributed by atoms with van der Waals surface area (Å²) >= 11 is 6.11. The zero-order chi connectivity index (χ0) is 15.5. The SMILES string of the molecule is CNS(=O)(=O)CCNC(=O)c1cc(Cl)c2ccccc2n1. The van der Waals surface area contributed by atoms with Crippen LogP contribution in [-0.2, 0) is 10.0 Å². The fourth-order valence-electron chi connectivity index (χ4n) is 1.74. The number of fused-ring (bicyclic) bond motifs is 1. The molecule has 1 heterocycles. The Morgan fingerprint density at radius 2 is 2.05 bits per heavy atom. The van der Waals surface area contributed by atoms with Gasteiger partial charge in [-0.25, -0.2) is 18.1 Å². The highest BCUT2D eigenvalue weighted by Gasteiger charge is 2.12. The monoisotopic (exact) mass is 327 g/mol. The summed E-state index contributed by atoms with van der Waals surface area (Å²) in [6.45, 7) is -0.00582. The number of halogens is 1. The number of rotatable bonds is 5. The standard InChI is InChI=1S/C13H14ClN3O3S/c1-15-21(19,20)7-6-16-13(18)12-8-10(14)9-4-2-3-5-11(9)17-12/h2-5,8,15H,6-7H2,1H3,(H,16,18). The molecule has 0 unspecified atom stereocenters. The number of aromatic nitrogens is 1. The number of nitrogens with one attached hydrogen (secondary N) is 2. The first kappa shape index (κ1) is 15.7. The summed E-state index contributed by atoms with van der Waals surface area (Å²) in [5.74, 6) is -0.662. The maximum absolute atomic E-state index is 12.0. The molecule has 1 amide bonds. The normalized spacial score (nSPS) is 11.5. The van der Waals surface area contributed by atoms with Crippen LogP contribution in [0.2, 0.25) is 5.02 Å². The van der Waals surface area contributed by atoms with Crippen molar-refractivity contribution in [1.82, 2.24) is 15.0 Å². The van der Waals surface area contributed by atoms with Crippen LogP contribution in [-0.4, -0.2) is 38.7 Å². The van der Waals surface area contributed by atoms with Gasteiger partial charge in [-0.2, -0.15) is 0 Å². The Balaban J connectivity index is 2.13. The van der Waals surface area contributed by atoms with Crippen LogP contribution >= 0.6 is 11.6 Å². The van der Waals surface area contributed by atoms with E-state index in [9.17, 15) is 13.2 Å². The van der Waals surface area contributed by atoms with Crippen LogP contribution in [0.25, 0.3) is 10.9 Å². The molecule has 8 heteroatoms. The highest BCUT2D eigenvalue weighted by molar-refractivity contribution is 7.89. The molecule has 2 rings (SSSR count). The Morgan fingerprint density at radius 1 is 1.33 bits per heavy atom. The molecule has 2 N–H and O–H groups in total. The van der Waals surface area contributed by atoms with E-state index in [2.05, 4.69) is 15.0 Å². The maximum atomic E-state index is 12.0. The topological polar surface area (TPSA) is 88.2 Å². The smallest absolute Gasteiger partial charge is 0.269 e. The van der Waals surface area contributed by atoms with E-state index in [-0.39, 0.29) is 18.0 Å². The van der Waals surface area contributed by atoms with E-state index in [0.717, 1.165) is 5.39 Å². The second-order valence-corrected chi connectivity index (χ2v) is 6.74. The fraction of sp³-hybridized carbons (Fsp3) is 0.231. The molecule has 0 saturated carbocycles. The molecular formula is C13H14ClN3O3S. The third-order valence-electron chi connectivity index (χ3n) is 2.87. The van der Waals surface area contributed by atoms with Crippen molar-refractivity contribution in [2.24, 2.45) is 0 Å². The van der Waals surface area contributed by atoms with Gasteiger partial charge >= 0.3 is 0 Å². The van der Waals surface area contributed by atoms with Crippen molar-refractivity contribution in [3.05, 3.63) is 41.0 Å². The van der Waals surface area contributed by atoms with Crippen LogP contribution < -0.4 is 10.0 Å². The van der Waals surface area contributed by atoms with Crippen molar-refractivity contribution in [2.75, 3.05) is 19.3 Å². The minimum absolute atomic E-state index is 0.00582. The molecule has 0 spiro atoms. The average molecular weight is 328 g/mol. The second-order valence-electron chi connectivity index (χ2n) is 4.29. The van der Waals surface area contributed by atoms with E-state index >= 15 is 0 Å². The maximum Gasteiger partial charge on any atom is 0.269 e. The molecule has 0 aliphatic rings. The minimum atomic E-state index is -3.35. The highest BCUT2D eigenvalue weighted by atomic mass is 35.5. The quantitative estimate of drug-likeness (QED) is 0.862. The number of pyridine rings is 1. The van der Waals surface area contributed by atoms with Gasteiger partial charge in [-0.15, -0.1) is 0 Å².